The highest BCUT2D eigenvalue weighted by atomic mass is 16.5. The van der Waals surface area contributed by atoms with E-state index in [4.69, 9.17) is 24.2 Å². The summed E-state index contributed by atoms with van der Waals surface area (Å²) in [5.74, 6) is 0.982. The highest BCUT2D eigenvalue weighted by Crippen LogP contribution is 2.34. The van der Waals surface area contributed by atoms with Crippen LogP contribution < -0.4 is 20.1 Å². The van der Waals surface area contributed by atoms with Gasteiger partial charge in [-0.15, -0.1) is 0 Å². The lowest BCUT2D eigenvalue weighted by Gasteiger charge is -2.35. The molecule has 0 aliphatic carbocycles. The third-order valence-electron chi connectivity index (χ3n) is 10.2. The van der Waals surface area contributed by atoms with E-state index in [0.717, 1.165) is 62.6 Å². The average molecular weight is 732 g/mol. The number of nitrogens with one attached hydrogen (secondary N) is 2. The van der Waals surface area contributed by atoms with Crippen LogP contribution in [0.2, 0.25) is 0 Å². The molecule has 1 fully saturated rings. The molecule has 2 amide bonds. The number of ether oxygens (including phenoxy) is 3. The van der Waals surface area contributed by atoms with Crippen molar-refractivity contribution in [2.75, 3.05) is 31.6 Å². The Bertz CT molecular complexity index is 1680. The third kappa shape index (κ3) is 10.8. The molecular weight excluding hydrogens is 674 g/mol. The predicted octanol–water partition coefficient (Wildman–Crippen LogP) is 6.55. The van der Waals surface area contributed by atoms with Crippen molar-refractivity contribution in [3.63, 3.8) is 0 Å². The first kappa shape index (κ1) is 39.7. The summed E-state index contributed by atoms with van der Waals surface area (Å²) < 4.78 is 18.5. The van der Waals surface area contributed by atoms with Crippen LogP contribution in [0.4, 0.5) is 10.7 Å². The summed E-state index contributed by atoms with van der Waals surface area (Å²) in [6.45, 7) is 12.7. The molecule has 13 heteroatoms. The molecule has 3 aromatic rings. The molecule has 0 spiro atoms. The van der Waals surface area contributed by atoms with Crippen LogP contribution in [0.25, 0.3) is 11.0 Å². The van der Waals surface area contributed by atoms with Gasteiger partial charge in [0.1, 0.15) is 30.2 Å². The van der Waals surface area contributed by atoms with Crippen LogP contribution in [-0.4, -0.2) is 87.1 Å². The van der Waals surface area contributed by atoms with E-state index in [9.17, 15) is 14.4 Å². The summed E-state index contributed by atoms with van der Waals surface area (Å²) in [4.78, 5) is 60.6. The summed E-state index contributed by atoms with van der Waals surface area (Å²) in [7, 11) is 0. The maximum atomic E-state index is 14.3. The summed E-state index contributed by atoms with van der Waals surface area (Å²) in [6, 6.07) is 5.76. The maximum absolute atomic E-state index is 14.3. The topological polar surface area (TPSA) is 158 Å². The highest BCUT2D eigenvalue weighted by Gasteiger charge is 2.49. The van der Waals surface area contributed by atoms with E-state index in [1.807, 2.05) is 45.9 Å². The minimum Gasteiger partial charge on any atom is -0.492 e. The van der Waals surface area contributed by atoms with Gasteiger partial charge in [0.2, 0.25) is 17.7 Å². The number of carbonyl (C=O) groups is 3. The zero-order valence-corrected chi connectivity index (χ0v) is 32.2. The standard InChI is InChI=1S/C40H57N7O6/c1-7-8-10-14-28-15-11-9-12-16-31-36(45-32-23-29(17-18-30(32)44-31)51-22-21-43-38-41-19-13-20-42-38)53-33-24-47(34(26(33)2)27(3)48)37(49)35(40(4,5)6)46-39(50)52-25-28/h13,17-20,23,26,28,33-35H,7-12,14-16,21-22,24-25H2,1-6H3,(H,46,50)(H,41,42,43)/t26-,28+,33+,34+,35-/m1/s1. The molecule has 2 aromatic heterocycles. The fourth-order valence-electron chi connectivity index (χ4n) is 7.25. The summed E-state index contributed by atoms with van der Waals surface area (Å²) in [6.07, 6.45) is 11.0. The molecule has 1 saturated heterocycles. The van der Waals surface area contributed by atoms with Crippen LogP contribution in [0, 0.1) is 17.3 Å². The minimum absolute atomic E-state index is 0.145. The molecule has 13 nitrogen and oxygen atoms in total. The molecule has 4 heterocycles. The molecule has 0 saturated carbocycles. The zero-order valence-electron chi connectivity index (χ0n) is 32.2. The Hall–Kier alpha value is -4.55. The fraction of sp³-hybridized carbons (Fsp3) is 0.625. The van der Waals surface area contributed by atoms with Gasteiger partial charge in [0.15, 0.2) is 5.78 Å². The first-order valence-electron chi connectivity index (χ1n) is 19.3. The van der Waals surface area contributed by atoms with Gasteiger partial charge in [-0.05, 0) is 62.1 Å². The number of Topliss-reactive ketones (excluding diaryl/α,β-unsaturated/α-hetero) is 1. The summed E-state index contributed by atoms with van der Waals surface area (Å²) in [5.41, 5.74) is 1.45. The van der Waals surface area contributed by atoms with Gasteiger partial charge in [-0.3, -0.25) is 9.59 Å². The number of alkyl carbamates (subject to hydrolysis) is 1. The number of aromatic nitrogens is 4. The Morgan fingerprint density at radius 1 is 1.08 bits per heavy atom. The van der Waals surface area contributed by atoms with Gasteiger partial charge in [-0.2, -0.15) is 0 Å². The third-order valence-corrected chi connectivity index (χ3v) is 10.2. The van der Waals surface area contributed by atoms with Gasteiger partial charge in [-0.1, -0.05) is 66.7 Å². The van der Waals surface area contributed by atoms with Gasteiger partial charge < -0.3 is 29.7 Å². The molecule has 2 N–H and O–H groups in total. The van der Waals surface area contributed by atoms with Crippen molar-refractivity contribution in [1.82, 2.24) is 30.2 Å². The van der Waals surface area contributed by atoms with Gasteiger partial charge in [0, 0.05) is 24.4 Å². The molecule has 2 bridgehead atoms. The first-order chi connectivity index (χ1) is 25.4. The maximum Gasteiger partial charge on any atom is 0.407 e. The monoisotopic (exact) mass is 731 g/mol. The van der Waals surface area contributed by atoms with Crippen LogP contribution in [0.3, 0.4) is 0 Å². The van der Waals surface area contributed by atoms with Crippen molar-refractivity contribution in [3.05, 3.63) is 42.4 Å². The number of cyclic esters (lactones) is 1. The van der Waals surface area contributed by atoms with Crippen molar-refractivity contribution in [3.8, 4) is 11.6 Å². The summed E-state index contributed by atoms with van der Waals surface area (Å²) >= 11 is 0. The van der Waals surface area contributed by atoms with Crippen LogP contribution in [-0.2, 0) is 20.7 Å². The number of rotatable bonds is 10. The number of unbranched alkanes of at least 4 members (excludes halogenated alkanes) is 2. The summed E-state index contributed by atoms with van der Waals surface area (Å²) in [5, 5.41) is 6.01. The molecule has 1 aromatic carbocycles. The van der Waals surface area contributed by atoms with Crippen LogP contribution >= 0.6 is 0 Å². The number of fused-ring (bicyclic) bond motifs is 4. The number of hydrogen-bond donors (Lipinski definition) is 2. The van der Waals surface area contributed by atoms with Crippen LogP contribution in [0.15, 0.2) is 36.7 Å². The molecule has 0 unspecified atom stereocenters. The quantitative estimate of drug-likeness (QED) is 0.218. The highest BCUT2D eigenvalue weighted by molar-refractivity contribution is 5.92. The zero-order chi connectivity index (χ0) is 38.0. The lowest BCUT2D eigenvalue weighted by Crippen LogP contribution is -2.57. The number of amides is 2. The van der Waals surface area contributed by atoms with Crippen LogP contribution in [0.5, 0.6) is 11.6 Å². The average Bonchev–Trinajstić information content (AvgIpc) is 3.45. The normalized spacial score (nSPS) is 23.2. The Balaban J connectivity index is 1.42. The van der Waals surface area contributed by atoms with Gasteiger partial charge in [0.25, 0.3) is 0 Å². The van der Waals surface area contributed by atoms with Gasteiger partial charge >= 0.3 is 6.09 Å². The molecular formula is C40H57N7O6. The van der Waals surface area contributed by atoms with E-state index in [-0.39, 0.29) is 30.1 Å². The predicted molar refractivity (Wildman–Crippen MR) is 203 cm³/mol. The molecule has 288 valence electrons. The lowest BCUT2D eigenvalue weighted by molar-refractivity contribution is -0.141. The number of aryl methyl sites for hydroxylation is 1. The molecule has 0 radical (unpaired) electrons. The fourth-order valence-corrected chi connectivity index (χ4v) is 7.25. The van der Waals surface area contributed by atoms with Crippen molar-refractivity contribution in [2.24, 2.45) is 17.3 Å². The SMILES string of the molecule is CCCCC[C@H]1CCCCCc2nc3ccc(OCCNc4ncccn4)cc3nc2O[C@H]2CN(C(=O)[C@H](C(C)(C)C)NC(=O)OC1)[C@H](C(C)=O)[C@@H]2C. The van der Waals surface area contributed by atoms with Crippen LogP contribution in [0.1, 0.15) is 98.6 Å². The first-order valence-corrected chi connectivity index (χ1v) is 19.3. The number of hydrogen-bond acceptors (Lipinski definition) is 11. The molecule has 53 heavy (non-hydrogen) atoms. The second-order valence-electron chi connectivity index (χ2n) is 15.5. The molecule has 5 atom stereocenters. The number of benzene rings is 1. The van der Waals surface area contributed by atoms with E-state index in [0.29, 0.717) is 49.3 Å². The molecule has 2 aliphatic rings. The van der Waals surface area contributed by atoms with Gasteiger partial charge in [0.05, 0.1) is 36.8 Å². The van der Waals surface area contributed by atoms with Crippen molar-refractivity contribution < 1.29 is 28.6 Å². The van der Waals surface area contributed by atoms with Crippen molar-refractivity contribution in [2.45, 2.75) is 118 Å². The van der Waals surface area contributed by atoms with E-state index in [1.165, 1.54) is 6.92 Å². The minimum atomic E-state index is -0.912. The second kappa shape index (κ2) is 18.5. The van der Waals surface area contributed by atoms with Crippen molar-refractivity contribution in [1.29, 1.82) is 0 Å². The molecule has 2 aliphatic heterocycles. The second-order valence-corrected chi connectivity index (χ2v) is 15.5. The Morgan fingerprint density at radius 2 is 1.87 bits per heavy atom. The van der Waals surface area contributed by atoms with Crippen molar-refractivity contribution >= 4 is 34.8 Å². The lowest BCUT2D eigenvalue weighted by atomic mass is 9.85. The number of ketones is 1. The Labute approximate surface area is 313 Å². The number of anilines is 1. The number of carbonyl (C=O) groups excluding carboxylic acids is 3. The Morgan fingerprint density at radius 3 is 2.60 bits per heavy atom. The smallest absolute Gasteiger partial charge is 0.407 e. The number of nitrogens with zero attached hydrogens (tertiary/aromatic N) is 5. The van der Waals surface area contributed by atoms with E-state index < -0.39 is 29.7 Å². The Kier molecular flexibility index (Phi) is 13.8. The van der Waals surface area contributed by atoms with E-state index in [2.05, 4.69) is 27.5 Å². The largest absolute Gasteiger partial charge is 0.492 e. The van der Waals surface area contributed by atoms with Gasteiger partial charge in [-0.25, -0.2) is 24.7 Å². The van der Waals surface area contributed by atoms with E-state index in [1.54, 1.807) is 23.4 Å². The molecule has 5 rings (SSSR count). The van der Waals surface area contributed by atoms with E-state index >= 15 is 0 Å².